The molecule has 0 radical (unpaired) electrons. The van der Waals surface area contributed by atoms with Crippen LogP contribution in [0.3, 0.4) is 0 Å². The molecule has 0 saturated carbocycles. The number of ether oxygens (including phenoxy) is 2. The largest absolute Gasteiger partial charge is 0.493 e. The lowest BCUT2D eigenvalue weighted by molar-refractivity contribution is 0.254. The Bertz CT molecular complexity index is 696. The number of benzene rings is 1. The van der Waals surface area contributed by atoms with Crippen molar-refractivity contribution in [3.05, 3.63) is 53.3 Å². The number of methoxy groups -OCH3 is 1. The van der Waals surface area contributed by atoms with Gasteiger partial charge in [0.15, 0.2) is 11.5 Å². The van der Waals surface area contributed by atoms with Gasteiger partial charge in [-0.05, 0) is 74.2 Å². The van der Waals surface area contributed by atoms with Crippen molar-refractivity contribution in [1.29, 1.82) is 0 Å². The minimum Gasteiger partial charge on any atom is -0.493 e. The molecule has 4 heteroatoms. The number of hydrogen-bond donors (Lipinski definition) is 0. The van der Waals surface area contributed by atoms with E-state index in [4.69, 9.17) is 9.47 Å². The van der Waals surface area contributed by atoms with Gasteiger partial charge in [0, 0.05) is 24.9 Å². The van der Waals surface area contributed by atoms with Crippen molar-refractivity contribution < 1.29 is 9.47 Å². The van der Waals surface area contributed by atoms with Crippen molar-refractivity contribution in [2.24, 2.45) is 0 Å². The summed E-state index contributed by atoms with van der Waals surface area (Å²) in [5, 5.41) is 0. The first kappa shape index (κ1) is 18.7. The Morgan fingerprint density at radius 1 is 1.04 bits per heavy atom. The molecule has 0 spiro atoms. The predicted octanol–water partition coefficient (Wildman–Crippen LogP) is 4.11. The fourth-order valence-electron chi connectivity index (χ4n) is 3.47. The summed E-state index contributed by atoms with van der Waals surface area (Å²) in [6.07, 6.45) is 7.46. The van der Waals surface area contributed by atoms with Gasteiger partial charge >= 0.3 is 0 Å². The molecule has 3 rings (SSSR count). The maximum absolute atomic E-state index is 6.04. The number of nitrogens with zero attached hydrogens (tertiary/aromatic N) is 2. The zero-order chi connectivity index (χ0) is 18.2. The van der Waals surface area contributed by atoms with Crippen molar-refractivity contribution in [2.75, 3.05) is 33.4 Å². The zero-order valence-corrected chi connectivity index (χ0v) is 16.0. The molecule has 1 aromatic carbocycles. The van der Waals surface area contributed by atoms with E-state index in [1.807, 2.05) is 12.3 Å². The van der Waals surface area contributed by atoms with Crippen LogP contribution >= 0.6 is 0 Å². The van der Waals surface area contributed by atoms with Crippen LogP contribution in [-0.4, -0.2) is 43.2 Å². The summed E-state index contributed by atoms with van der Waals surface area (Å²) in [7, 11) is 1.69. The summed E-state index contributed by atoms with van der Waals surface area (Å²) < 4.78 is 11.5. The number of rotatable bonds is 9. The molecule has 26 heavy (non-hydrogen) atoms. The van der Waals surface area contributed by atoms with Crippen LogP contribution in [0.2, 0.25) is 0 Å². The molecular formula is C22H30N2O2. The molecule has 0 unspecified atom stereocenters. The highest BCUT2D eigenvalue weighted by Gasteiger charge is 2.11. The Hall–Kier alpha value is -2.07. The second kappa shape index (κ2) is 9.58. The second-order valence-corrected chi connectivity index (χ2v) is 6.92. The topological polar surface area (TPSA) is 34.6 Å². The smallest absolute Gasteiger partial charge is 0.161 e. The normalized spacial score (nSPS) is 14.5. The number of pyridine rings is 1. The van der Waals surface area contributed by atoms with Crippen LogP contribution in [0.1, 0.15) is 43.0 Å². The lowest BCUT2D eigenvalue weighted by atomic mass is 10.1. The molecule has 0 atom stereocenters. The van der Waals surface area contributed by atoms with E-state index < -0.39 is 0 Å². The maximum Gasteiger partial charge on any atom is 0.161 e. The monoisotopic (exact) mass is 354 g/mol. The third-order valence-electron chi connectivity index (χ3n) is 4.98. The van der Waals surface area contributed by atoms with Crippen LogP contribution in [0.25, 0.3) is 0 Å². The summed E-state index contributed by atoms with van der Waals surface area (Å²) >= 11 is 0. The molecule has 4 nitrogen and oxygen atoms in total. The number of aryl methyl sites for hydroxylation is 1. The Kier molecular flexibility index (Phi) is 6.89. The van der Waals surface area contributed by atoms with E-state index in [2.05, 4.69) is 41.1 Å². The zero-order valence-electron chi connectivity index (χ0n) is 16.0. The Balaban J connectivity index is 1.59. The molecule has 2 heterocycles. The van der Waals surface area contributed by atoms with Gasteiger partial charge in [0.2, 0.25) is 0 Å². The number of hydrogen-bond acceptors (Lipinski definition) is 4. The van der Waals surface area contributed by atoms with Crippen LogP contribution in [0.5, 0.6) is 11.5 Å². The first-order valence-corrected chi connectivity index (χ1v) is 9.74. The van der Waals surface area contributed by atoms with Gasteiger partial charge in [0.25, 0.3) is 0 Å². The standard InChI is InChI=1S/C22H30N2O2/c1-3-18-9-10-23-20(15-18)16-19-7-8-21(25-2)22(17-19)26-14-6-13-24-11-4-5-12-24/h7-10,15,17H,3-6,11-14,16H2,1-2H3. The van der Waals surface area contributed by atoms with E-state index >= 15 is 0 Å². The van der Waals surface area contributed by atoms with Gasteiger partial charge in [-0.1, -0.05) is 13.0 Å². The first-order valence-electron chi connectivity index (χ1n) is 9.74. The maximum atomic E-state index is 6.04. The average molecular weight is 354 g/mol. The summed E-state index contributed by atoms with van der Waals surface area (Å²) in [5.41, 5.74) is 3.61. The second-order valence-electron chi connectivity index (χ2n) is 6.92. The molecule has 140 valence electrons. The van der Waals surface area contributed by atoms with Crippen molar-refractivity contribution >= 4 is 0 Å². The molecule has 2 aromatic rings. The Morgan fingerprint density at radius 2 is 1.88 bits per heavy atom. The van der Waals surface area contributed by atoms with Crippen molar-refractivity contribution in [3.8, 4) is 11.5 Å². The highest BCUT2D eigenvalue weighted by Crippen LogP contribution is 2.29. The summed E-state index contributed by atoms with van der Waals surface area (Å²) in [6, 6.07) is 10.4. The number of likely N-dealkylation sites (tertiary alicyclic amines) is 1. The minimum atomic E-state index is 0.722. The fraction of sp³-hybridized carbons (Fsp3) is 0.500. The van der Waals surface area contributed by atoms with Crippen LogP contribution in [0, 0.1) is 0 Å². The SMILES string of the molecule is CCc1ccnc(Cc2ccc(OC)c(OCCCN3CCCC3)c2)c1. The van der Waals surface area contributed by atoms with Crippen molar-refractivity contribution in [3.63, 3.8) is 0 Å². The van der Waals surface area contributed by atoms with E-state index in [-0.39, 0.29) is 0 Å². The summed E-state index contributed by atoms with van der Waals surface area (Å²) in [5.74, 6) is 1.63. The molecule has 1 aliphatic rings. The molecule has 1 aromatic heterocycles. The van der Waals surface area contributed by atoms with Crippen LogP contribution in [0.15, 0.2) is 36.5 Å². The van der Waals surface area contributed by atoms with Crippen LogP contribution in [0.4, 0.5) is 0 Å². The Labute approximate surface area is 157 Å². The van der Waals surface area contributed by atoms with Crippen molar-refractivity contribution in [1.82, 2.24) is 9.88 Å². The predicted molar refractivity (Wildman–Crippen MR) is 105 cm³/mol. The van der Waals surface area contributed by atoms with E-state index in [9.17, 15) is 0 Å². The van der Waals surface area contributed by atoms with Gasteiger partial charge in [-0.3, -0.25) is 4.98 Å². The molecule has 0 bridgehead atoms. The van der Waals surface area contributed by atoms with Crippen molar-refractivity contribution in [2.45, 2.75) is 39.0 Å². The average Bonchev–Trinajstić information content (AvgIpc) is 3.19. The molecular weight excluding hydrogens is 324 g/mol. The molecule has 1 aliphatic heterocycles. The van der Waals surface area contributed by atoms with E-state index in [0.717, 1.165) is 49.6 Å². The first-order chi connectivity index (χ1) is 12.8. The van der Waals surface area contributed by atoms with Gasteiger partial charge < -0.3 is 14.4 Å². The van der Waals surface area contributed by atoms with Crippen LogP contribution < -0.4 is 9.47 Å². The van der Waals surface area contributed by atoms with Gasteiger partial charge in [-0.15, -0.1) is 0 Å². The molecule has 0 amide bonds. The van der Waals surface area contributed by atoms with E-state index in [1.165, 1.54) is 37.1 Å². The molecule has 1 saturated heterocycles. The van der Waals surface area contributed by atoms with E-state index in [0.29, 0.717) is 0 Å². The summed E-state index contributed by atoms with van der Waals surface area (Å²) in [6.45, 7) is 6.49. The fourth-order valence-corrected chi connectivity index (χ4v) is 3.47. The lowest BCUT2D eigenvalue weighted by Crippen LogP contribution is -2.21. The molecule has 0 aliphatic carbocycles. The van der Waals surface area contributed by atoms with Crippen LogP contribution in [-0.2, 0) is 12.8 Å². The summed E-state index contributed by atoms with van der Waals surface area (Å²) in [4.78, 5) is 7.01. The highest BCUT2D eigenvalue weighted by atomic mass is 16.5. The quantitative estimate of drug-likeness (QED) is 0.635. The highest BCUT2D eigenvalue weighted by molar-refractivity contribution is 5.44. The van der Waals surface area contributed by atoms with Gasteiger partial charge in [0.1, 0.15) is 0 Å². The Morgan fingerprint density at radius 3 is 2.65 bits per heavy atom. The lowest BCUT2D eigenvalue weighted by Gasteiger charge is -2.16. The van der Waals surface area contributed by atoms with Gasteiger partial charge in [-0.25, -0.2) is 0 Å². The molecule has 0 N–H and O–H groups in total. The third-order valence-corrected chi connectivity index (χ3v) is 4.98. The van der Waals surface area contributed by atoms with Gasteiger partial charge in [-0.2, -0.15) is 0 Å². The molecule has 1 fully saturated rings. The van der Waals surface area contributed by atoms with E-state index in [1.54, 1.807) is 7.11 Å². The number of aromatic nitrogens is 1. The third kappa shape index (κ3) is 5.21. The van der Waals surface area contributed by atoms with Gasteiger partial charge in [0.05, 0.1) is 13.7 Å². The minimum absolute atomic E-state index is 0.722.